The molecule has 2 aromatic rings. The van der Waals surface area contributed by atoms with Crippen LogP contribution in [-0.4, -0.2) is 52.8 Å². The Morgan fingerprint density at radius 1 is 1.24 bits per heavy atom. The molecule has 0 radical (unpaired) electrons. The number of hydrogen-bond acceptors (Lipinski definition) is 6. The molecule has 0 amide bonds. The van der Waals surface area contributed by atoms with Crippen molar-refractivity contribution in [2.45, 2.75) is 24.9 Å². The fraction of sp³-hybridized carbons (Fsp3) is 0.545. The fourth-order valence-electron chi connectivity index (χ4n) is 1.71. The molecule has 2 heterocycles. The molecule has 0 aliphatic carbocycles. The zero-order valence-corrected chi connectivity index (χ0v) is 12.6. The third kappa shape index (κ3) is 4.62. The van der Waals surface area contributed by atoms with E-state index < -0.39 is 10.0 Å². The van der Waals surface area contributed by atoms with E-state index in [1.165, 1.54) is 12.4 Å². The first kappa shape index (κ1) is 15.6. The van der Waals surface area contributed by atoms with Gasteiger partial charge in [0.15, 0.2) is 0 Å². The first-order valence-electron chi connectivity index (χ1n) is 6.69. The van der Waals surface area contributed by atoms with Crippen LogP contribution in [0, 0.1) is 0 Å². The van der Waals surface area contributed by atoms with Gasteiger partial charge in [0.05, 0.1) is 25.5 Å². The minimum Gasteiger partial charge on any atom is -0.315 e. The Labute approximate surface area is 123 Å². The second-order valence-electron chi connectivity index (χ2n) is 4.36. The van der Waals surface area contributed by atoms with Crippen LogP contribution in [0.25, 0.3) is 0 Å². The smallest absolute Gasteiger partial charge is 0.243 e. The second-order valence-corrected chi connectivity index (χ2v) is 6.12. The van der Waals surface area contributed by atoms with Crippen LogP contribution in [-0.2, 0) is 23.1 Å². The first-order valence-corrected chi connectivity index (χ1v) is 8.17. The highest BCUT2D eigenvalue weighted by Gasteiger charge is 2.15. The first-order chi connectivity index (χ1) is 10.1. The molecule has 0 aliphatic heterocycles. The van der Waals surface area contributed by atoms with Gasteiger partial charge in [-0.25, -0.2) is 13.1 Å². The highest BCUT2D eigenvalue weighted by molar-refractivity contribution is 7.89. The van der Waals surface area contributed by atoms with Gasteiger partial charge in [-0.2, -0.15) is 5.10 Å². The molecule has 0 saturated carbocycles. The van der Waals surface area contributed by atoms with Crippen LogP contribution in [0.2, 0.25) is 0 Å². The number of rotatable bonds is 9. The zero-order valence-electron chi connectivity index (χ0n) is 11.8. The predicted molar refractivity (Wildman–Crippen MR) is 76.0 cm³/mol. The van der Waals surface area contributed by atoms with Gasteiger partial charge < -0.3 is 5.32 Å². The van der Waals surface area contributed by atoms with Crippen molar-refractivity contribution in [1.29, 1.82) is 0 Å². The molecule has 2 aromatic heterocycles. The van der Waals surface area contributed by atoms with Crippen LogP contribution in [0.3, 0.4) is 0 Å². The molecule has 0 atom stereocenters. The Hall–Kier alpha value is -1.78. The average molecular weight is 313 g/mol. The van der Waals surface area contributed by atoms with Crippen LogP contribution in [0.5, 0.6) is 0 Å². The molecule has 116 valence electrons. The van der Waals surface area contributed by atoms with Gasteiger partial charge in [-0.3, -0.25) is 9.36 Å². The molecule has 0 aromatic carbocycles. The number of aromatic nitrogens is 5. The summed E-state index contributed by atoms with van der Waals surface area (Å²) in [6.45, 7) is 4.93. The zero-order chi connectivity index (χ0) is 15.1. The Morgan fingerprint density at radius 3 is 2.76 bits per heavy atom. The lowest BCUT2D eigenvalue weighted by atomic mass is 10.6. The van der Waals surface area contributed by atoms with Crippen molar-refractivity contribution >= 4 is 10.0 Å². The normalized spacial score (nSPS) is 11.9. The third-order valence-corrected chi connectivity index (χ3v) is 4.21. The molecule has 9 nitrogen and oxygen atoms in total. The predicted octanol–water partition coefficient (Wildman–Crippen LogP) is -0.937. The highest BCUT2D eigenvalue weighted by Crippen LogP contribution is 2.06. The van der Waals surface area contributed by atoms with Gasteiger partial charge in [0.2, 0.25) is 10.0 Å². The van der Waals surface area contributed by atoms with Gasteiger partial charge in [-0.05, 0) is 6.54 Å². The Balaban J connectivity index is 1.86. The fourth-order valence-corrected chi connectivity index (χ4v) is 2.68. The minimum atomic E-state index is -3.54. The van der Waals surface area contributed by atoms with Crippen LogP contribution < -0.4 is 10.0 Å². The van der Waals surface area contributed by atoms with Gasteiger partial charge in [-0.15, -0.1) is 5.10 Å². The molecular formula is C11H19N7O2S. The van der Waals surface area contributed by atoms with E-state index in [4.69, 9.17) is 0 Å². The molecule has 0 unspecified atom stereocenters. The molecule has 0 fully saturated rings. The lowest BCUT2D eigenvalue weighted by Crippen LogP contribution is -2.27. The molecule has 21 heavy (non-hydrogen) atoms. The van der Waals surface area contributed by atoms with Gasteiger partial charge in [0, 0.05) is 25.5 Å². The van der Waals surface area contributed by atoms with Crippen LogP contribution >= 0.6 is 0 Å². The largest absolute Gasteiger partial charge is 0.315 e. The minimum absolute atomic E-state index is 0.164. The summed E-state index contributed by atoms with van der Waals surface area (Å²) in [5, 5.41) is 14.6. The monoisotopic (exact) mass is 313 g/mol. The Kier molecular flexibility index (Phi) is 5.42. The van der Waals surface area contributed by atoms with E-state index in [1.807, 2.05) is 6.92 Å². The summed E-state index contributed by atoms with van der Waals surface area (Å²) in [7, 11) is -3.54. The summed E-state index contributed by atoms with van der Waals surface area (Å²) in [6.07, 6.45) is 6.09. The molecular weight excluding hydrogens is 294 g/mol. The van der Waals surface area contributed by atoms with Crippen molar-refractivity contribution < 1.29 is 8.42 Å². The van der Waals surface area contributed by atoms with Crippen LogP contribution in [0.4, 0.5) is 0 Å². The lowest BCUT2D eigenvalue weighted by Gasteiger charge is -2.04. The van der Waals surface area contributed by atoms with Gasteiger partial charge in [-0.1, -0.05) is 12.1 Å². The summed E-state index contributed by atoms with van der Waals surface area (Å²) in [4.78, 5) is 0.164. The van der Waals surface area contributed by atoms with Crippen LogP contribution in [0.1, 0.15) is 6.92 Å². The second kappa shape index (κ2) is 7.29. The standard InChI is InChI=1S/C11H19N7O2S/c1-2-12-3-6-18-10-11(9-14-18)21(19,20)15-5-8-17-7-4-13-16-17/h4,7,9-10,12,15H,2-3,5-6,8H2,1H3. The van der Waals surface area contributed by atoms with E-state index in [-0.39, 0.29) is 11.4 Å². The molecule has 10 heteroatoms. The SMILES string of the molecule is CCNCCn1cc(S(=O)(=O)NCCn2ccnn2)cn1. The van der Waals surface area contributed by atoms with E-state index in [0.717, 1.165) is 13.1 Å². The summed E-state index contributed by atoms with van der Waals surface area (Å²) in [5.74, 6) is 0. The number of nitrogens with zero attached hydrogens (tertiary/aromatic N) is 5. The van der Waals surface area contributed by atoms with Crippen molar-refractivity contribution in [2.75, 3.05) is 19.6 Å². The lowest BCUT2D eigenvalue weighted by molar-refractivity contribution is 0.551. The topological polar surface area (TPSA) is 107 Å². The summed E-state index contributed by atoms with van der Waals surface area (Å²) in [5.41, 5.74) is 0. The molecule has 2 N–H and O–H groups in total. The number of hydrogen-bond donors (Lipinski definition) is 2. The highest BCUT2D eigenvalue weighted by atomic mass is 32.2. The third-order valence-electron chi connectivity index (χ3n) is 2.79. The van der Waals surface area contributed by atoms with Gasteiger partial charge in [0.1, 0.15) is 4.90 Å². The molecule has 0 saturated heterocycles. The molecule has 2 rings (SSSR count). The van der Waals surface area contributed by atoms with E-state index in [2.05, 4.69) is 25.4 Å². The van der Waals surface area contributed by atoms with E-state index in [1.54, 1.807) is 21.8 Å². The number of likely N-dealkylation sites (N-methyl/N-ethyl adjacent to an activating group) is 1. The maximum atomic E-state index is 12.1. The van der Waals surface area contributed by atoms with Crippen molar-refractivity contribution in [2.24, 2.45) is 0 Å². The maximum Gasteiger partial charge on any atom is 0.243 e. The van der Waals surface area contributed by atoms with E-state index in [0.29, 0.717) is 13.1 Å². The van der Waals surface area contributed by atoms with E-state index in [9.17, 15) is 8.42 Å². The average Bonchev–Trinajstić information content (AvgIpc) is 3.10. The quantitative estimate of drug-likeness (QED) is 0.579. The maximum absolute atomic E-state index is 12.1. The van der Waals surface area contributed by atoms with E-state index >= 15 is 0 Å². The van der Waals surface area contributed by atoms with Gasteiger partial charge >= 0.3 is 0 Å². The molecule has 0 aliphatic rings. The Bertz CT molecular complexity index is 635. The summed E-state index contributed by atoms with van der Waals surface area (Å²) >= 11 is 0. The molecule has 0 bridgehead atoms. The van der Waals surface area contributed by atoms with Crippen molar-refractivity contribution in [3.8, 4) is 0 Å². The summed E-state index contributed by atoms with van der Waals surface area (Å²) < 4.78 is 29.8. The van der Waals surface area contributed by atoms with Gasteiger partial charge in [0.25, 0.3) is 0 Å². The Morgan fingerprint density at radius 2 is 2.05 bits per heavy atom. The van der Waals surface area contributed by atoms with Crippen molar-refractivity contribution in [3.63, 3.8) is 0 Å². The molecule has 0 spiro atoms. The van der Waals surface area contributed by atoms with Crippen molar-refractivity contribution in [3.05, 3.63) is 24.8 Å². The number of nitrogens with one attached hydrogen (secondary N) is 2. The van der Waals surface area contributed by atoms with Crippen molar-refractivity contribution in [1.82, 2.24) is 34.8 Å². The van der Waals surface area contributed by atoms with Crippen LogP contribution in [0.15, 0.2) is 29.7 Å². The number of sulfonamides is 1. The summed E-state index contributed by atoms with van der Waals surface area (Å²) in [6, 6.07) is 0.